The van der Waals surface area contributed by atoms with E-state index in [0.717, 1.165) is 5.69 Å². The first-order chi connectivity index (χ1) is 28.1. The van der Waals surface area contributed by atoms with Gasteiger partial charge in [0.05, 0.1) is 43.8 Å². The van der Waals surface area contributed by atoms with Crippen molar-refractivity contribution in [2.75, 3.05) is 63.5 Å². The molecule has 20 heteroatoms. The summed E-state index contributed by atoms with van der Waals surface area (Å²) in [5.74, 6) is -2.59. The number of amides is 1. The number of ether oxygens (including phenoxy) is 2. The number of methoxy groups -OCH3 is 2. The Labute approximate surface area is 352 Å². The molecule has 0 aliphatic carbocycles. The summed E-state index contributed by atoms with van der Waals surface area (Å²) in [7, 11) is -11.0. The van der Waals surface area contributed by atoms with Crippen molar-refractivity contribution in [3.05, 3.63) is 77.0 Å². The zero-order valence-corrected chi connectivity index (χ0v) is 36.6. The number of benzene rings is 2. The molecule has 0 aromatic heterocycles. The van der Waals surface area contributed by atoms with E-state index in [1.54, 1.807) is 44.4 Å². The molecule has 0 saturated heterocycles. The standard InChI is InChI=1S/C40H55N3O14S3/c1-39(18-9-25-58(47,48)49)31-27-29(38(46)41-20-23-56-3)14-16-33(31)43(22-24-57-4)36(39)12-8-11-35-40(2,19-10-26-59(50,51)52)32-28-30(60(53,54)55)15-17-34(32)42(35)21-7-5-6-13-37(44)45/h8,11-12,14-17,27-28H,5-7,9-10,13,18-26H2,1-4H3,(H4-,41,44,45,46,47,48,49,50,51,52,53,54,55)/p-2. The minimum atomic E-state index is -4.91. The van der Waals surface area contributed by atoms with Gasteiger partial charge in [-0.25, -0.2) is 25.3 Å². The van der Waals surface area contributed by atoms with Crippen LogP contribution in [0.1, 0.15) is 86.7 Å². The van der Waals surface area contributed by atoms with Crippen molar-refractivity contribution < 1.29 is 67.7 Å². The topological polar surface area (TPSA) is 263 Å². The first-order valence-corrected chi connectivity index (χ1v) is 24.0. The first-order valence-electron chi connectivity index (χ1n) is 19.5. The molecule has 2 N–H and O–H groups in total. The molecular formula is C40H53N3O14S3-2. The maximum atomic E-state index is 13.2. The molecule has 0 saturated carbocycles. The van der Waals surface area contributed by atoms with Crippen LogP contribution >= 0.6 is 0 Å². The first kappa shape index (κ1) is 48.6. The summed E-state index contributed by atoms with van der Waals surface area (Å²) in [4.78, 5) is 25.9. The summed E-state index contributed by atoms with van der Waals surface area (Å²) in [6.45, 7) is 5.18. The quantitative estimate of drug-likeness (QED) is 0.0868. The van der Waals surface area contributed by atoms with Crippen LogP contribution in [0.15, 0.2) is 65.2 Å². The molecule has 0 spiro atoms. The predicted molar refractivity (Wildman–Crippen MR) is 220 cm³/mol. The summed E-state index contributed by atoms with van der Waals surface area (Å²) in [6.07, 6.45) is 6.92. The van der Waals surface area contributed by atoms with Gasteiger partial charge in [0, 0.05) is 91.7 Å². The van der Waals surface area contributed by atoms with E-state index < -0.39 is 63.6 Å². The Kier molecular flexibility index (Phi) is 16.4. The highest BCUT2D eigenvalue weighted by atomic mass is 32.2. The van der Waals surface area contributed by atoms with Crippen molar-refractivity contribution >= 4 is 59.3 Å². The van der Waals surface area contributed by atoms with Crippen LogP contribution in [-0.4, -0.2) is 125 Å². The lowest BCUT2D eigenvalue weighted by Crippen LogP contribution is -2.32. The molecule has 1 amide bonds. The zero-order valence-electron chi connectivity index (χ0n) is 34.2. The Hall–Kier alpha value is -4.02. The minimum Gasteiger partial charge on any atom is -0.748 e. The van der Waals surface area contributed by atoms with E-state index in [4.69, 9.17) is 14.6 Å². The molecule has 0 radical (unpaired) electrons. The molecule has 60 heavy (non-hydrogen) atoms. The molecule has 2 aromatic carbocycles. The van der Waals surface area contributed by atoms with Gasteiger partial charge in [-0.15, -0.1) is 0 Å². The molecule has 2 aliphatic heterocycles. The number of allylic oxidation sites excluding steroid dienone is 4. The Morgan fingerprint density at radius 1 is 0.833 bits per heavy atom. The highest BCUT2D eigenvalue weighted by Gasteiger charge is 2.48. The minimum absolute atomic E-state index is 0.000796. The monoisotopic (exact) mass is 895 g/mol. The highest BCUT2D eigenvalue weighted by molar-refractivity contribution is 7.86. The third kappa shape index (κ3) is 12.3. The highest BCUT2D eigenvalue weighted by Crippen LogP contribution is 2.51. The van der Waals surface area contributed by atoms with Gasteiger partial charge in [-0.1, -0.05) is 6.08 Å². The number of carbonyl (C=O) groups is 2. The molecule has 332 valence electrons. The molecule has 4 rings (SSSR count). The second kappa shape index (κ2) is 20.2. The summed E-state index contributed by atoms with van der Waals surface area (Å²) in [5, 5.41) is 12.0. The van der Waals surface area contributed by atoms with Crippen molar-refractivity contribution in [2.45, 2.75) is 80.9 Å². The van der Waals surface area contributed by atoms with Crippen LogP contribution in [0.3, 0.4) is 0 Å². The smallest absolute Gasteiger partial charge is 0.303 e. The third-order valence-corrected chi connectivity index (χ3v) is 13.4. The van der Waals surface area contributed by atoms with Crippen molar-refractivity contribution in [1.82, 2.24) is 5.32 Å². The second-order valence-electron chi connectivity index (χ2n) is 15.3. The summed E-state index contributed by atoms with van der Waals surface area (Å²) >= 11 is 0. The Bertz CT molecular complexity index is 2340. The Morgan fingerprint density at radius 2 is 1.48 bits per heavy atom. The van der Waals surface area contributed by atoms with E-state index >= 15 is 0 Å². The molecule has 17 nitrogen and oxygen atoms in total. The van der Waals surface area contributed by atoms with Crippen LogP contribution in [0.25, 0.3) is 0 Å². The average Bonchev–Trinajstić information content (AvgIpc) is 3.52. The van der Waals surface area contributed by atoms with Gasteiger partial charge in [-0.05, 0) is 94.3 Å². The van der Waals surface area contributed by atoms with Crippen LogP contribution in [0.5, 0.6) is 0 Å². The van der Waals surface area contributed by atoms with Gasteiger partial charge in [0.25, 0.3) is 5.91 Å². The van der Waals surface area contributed by atoms with E-state index in [0.29, 0.717) is 72.7 Å². The fraction of sp³-hybridized carbons (Fsp3) is 0.525. The molecule has 0 bridgehead atoms. The number of unbranched alkanes of at least 4 members (excludes halogenated alkanes) is 2. The number of hydrogen-bond acceptors (Lipinski definition) is 14. The number of rotatable bonds is 24. The summed E-state index contributed by atoms with van der Waals surface area (Å²) < 4.78 is 119. The van der Waals surface area contributed by atoms with Crippen molar-refractivity contribution in [3.8, 4) is 0 Å². The fourth-order valence-electron chi connectivity index (χ4n) is 8.10. The van der Waals surface area contributed by atoms with E-state index in [-0.39, 0.29) is 51.2 Å². The SMILES string of the molecule is COCCNC(=O)c1ccc2c(c1)C(C)(CCCS(=O)(=O)[O-])/C(=C\C=C\C1=[N+](CCCCCC(=O)O)c3ccc(S(=O)(=O)[O-])cc3C1(C)CCCS(=O)(=O)[O-])N2CCOC. The van der Waals surface area contributed by atoms with Gasteiger partial charge in [-0.3, -0.25) is 9.59 Å². The number of nitrogens with one attached hydrogen (secondary N) is 1. The number of anilines is 1. The predicted octanol–water partition coefficient (Wildman–Crippen LogP) is 3.48. The maximum Gasteiger partial charge on any atom is 0.303 e. The molecule has 0 fully saturated rings. The van der Waals surface area contributed by atoms with Gasteiger partial charge >= 0.3 is 5.97 Å². The van der Waals surface area contributed by atoms with Gasteiger partial charge in [-0.2, -0.15) is 4.58 Å². The van der Waals surface area contributed by atoms with Crippen LogP contribution < -0.4 is 10.2 Å². The van der Waals surface area contributed by atoms with Gasteiger partial charge in [0.2, 0.25) is 5.69 Å². The van der Waals surface area contributed by atoms with Crippen molar-refractivity contribution in [3.63, 3.8) is 0 Å². The van der Waals surface area contributed by atoms with Crippen LogP contribution in [0.4, 0.5) is 11.4 Å². The molecule has 2 aliphatic rings. The number of fused-ring (bicyclic) bond motifs is 2. The lowest BCUT2D eigenvalue weighted by Gasteiger charge is -2.30. The Balaban J connectivity index is 1.91. The second-order valence-corrected chi connectivity index (χ2v) is 19.7. The summed E-state index contributed by atoms with van der Waals surface area (Å²) in [6, 6.07) is 9.17. The number of carboxylic acid groups (broad SMARTS) is 1. The van der Waals surface area contributed by atoms with Crippen LogP contribution in [0.2, 0.25) is 0 Å². The van der Waals surface area contributed by atoms with Crippen LogP contribution in [0, 0.1) is 0 Å². The molecular weight excluding hydrogens is 843 g/mol. The Morgan fingerprint density at radius 3 is 2.08 bits per heavy atom. The zero-order chi connectivity index (χ0) is 44.5. The normalized spacial score (nSPS) is 20.0. The third-order valence-electron chi connectivity index (χ3n) is 11.0. The maximum absolute atomic E-state index is 13.2. The van der Waals surface area contributed by atoms with Crippen LogP contribution in [-0.2, 0) is 55.5 Å². The van der Waals surface area contributed by atoms with Crippen molar-refractivity contribution in [1.29, 1.82) is 0 Å². The fourth-order valence-corrected chi connectivity index (χ4v) is 9.59. The number of aliphatic carboxylic acids is 1. The number of carbonyl (C=O) groups excluding carboxylic acids is 1. The van der Waals surface area contributed by atoms with Gasteiger partial charge < -0.3 is 38.5 Å². The lowest BCUT2D eigenvalue weighted by atomic mass is 9.75. The molecule has 2 heterocycles. The van der Waals surface area contributed by atoms with Crippen molar-refractivity contribution in [2.24, 2.45) is 0 Å². The molecule has 2 aromatic rings. The molecule has 2 unspecified atom stereocenters. The van der Waals surface area contributed by atoms with E-state index in [9.17, 15) is 48.5 Å². The lowest BCUT2D eigenvalue weighted by molar-refractivity contribution is -0.438. The molecule has 2 atom stereocenters. The number of hydrogen-bond donors (Lipinski definition) is 2. The number of nitrogens with zero attached hydrogens (tertiary/aromatic N) is 2. The summed E-state index contributed by atoms with van der Waals surface area (Å²) in [5.41, 5.74) is 1.96. The van der Waals surface area contributed by atoms with Gasteiger partial charge in [0.1, 0.15) is 16.7 Å². The number of carboxylic acids is 1. The van der Waals surface area contributed by atoms with Gasteiger partial charge in [0.15, 0.2) is 5.71 Å². The van der Waals surface area contributed by atoms with E-state index in [1.807, 2.05) is 22.5 Å². The largest absolute Gasteiger partial charge is 0.748 e. The van der Waals surface area contributed by atoms with E-state index in [2.05, 4.69) is 5.32 Å². The average molecular weight is 896 g/mol. The van der Waals surface area contributed by atoms with E-state index in [1.165, 1.54) is 25.3 Å².